The standard InChI is InChI=1S/C41H47NO14/c1-24(43)42-33-36(52-27(4)46)34(51-26(3)45)31(22-47-25(2)44)53-40(33)56-38-37(48-20-28-14-8-5-9-15-28)35-32(23-50-39(55-35)30-18-12-7-13-19-30)54-41(38)49-21-29-16-10-6-11-17-29/h5-19,31-41H,20-23H2,1-4H3,(H,42,43)/t31?,32?,33-,34+,35+,36+,37-,38+,39?,40-,41-/m0/s1. The molecule has 11 atom stereocenters. The first-order chi connectivity index (χ1) is 27.0. The number of nitrogens with one attached hydrogen (secondary N) is 1. The fraction of sp³-hybridized carbons (Fsp3) is 0.463. The number of benzene rings is 3. The Balaban J connectivity index is 1.40. The highest BCUT2D eigenvalue weighted by Gasteiger charge is 2.56. The number of esters is 3. The summed E-state index contributed by atoms with van der Waals surface area (Å²) in [5, 5.41) is 2.76. The normalized spacial score (nSPS) is 30.0. The van der Waals surface area contributed by atoms with E-state index in [9.17, 15) is 19.2 Å². The zero-order valence-corrected chi connectivity index (χ0v) is 31.6. The summed E-state index contributed by atoms with van der Waals surface area (Å²) in [5.74, 6) is -2.64. The molecule has 15 heteroatoms. The maximum atomic E-state index is 12.8. The van der Waals surface area contributed by atoms with Crippen LogP contribution in [-0.4, -0.2) is 98.4 Å². The Morgan fingerprint density at radius 1 is 0.643 bits per heavy atom. The molecule has 3 heterocycles. The molecule has 56 heavy (non-hydrogen) atoms. The smallest absolute Gasteiger partial charge is 0.303 e. The van der Waals surface area contributed by atoms with Crippen molar-refractivity contribution in [3.63, 3.8) is 0 Å². The van der Waals surface area contributed by atoms with Gasteiger partial charge in [-0.2, -0.15) is 0 Å². The fourth-order valence-electron chi connectivity index (χ4n) is 6.88. The second-order valence-electron chi connectivity index (χ2n) is 13.6. The molecular weight excluding hydrogens is 730 g/mol. The predicted molar refractivity (Wildman–Crippen MR) is 194 cm³/mol. The van der Waals surface area contributed by atoms with Gasteiger partial charge >= 0.3 is 17.9 Å². The van der Waals surface area contributed by atoms with E-state index in [2.05, 4.69) is 5.32 Å². The van der Waals surface area contributed by atoms with Crippen LogP contribution in [-0.2, 0) is 79.8 Å². The minimum absolute atomic E-state index is 0.114. The average molecular weight is 778 g/mol. The highest BCUT2D eigenvalue weighted by molar-refractivity contribution is 5.73. The SMILES string of the molecule is CC(=O)N[C@@H]1[C@H](O[C@H]2[C@@H](OCc3ccccc3)OC3COC(c4ccccc4)O[C@H]3[C@@H]2OCc2ccccc2)OC(COC(C)=O)[C@@H](OC(C)=O)[C@@H]1OC(C)=O. The predicted octanol–water partition coefficient (Wildman–Crippen LogP) is 3.67. The molecular formula is C41H47NO14. The molecule has 0 saturated carbocycles. The van der Waals surface area contributed by atoms with Gasteiger partial charge in [0.05, 0.1) is 19.8 Å². The Hall–Kier alpha value is -4.74. The molecule has 3 aliphatic heterocycles. The molecule has 3 aliphatic rings. The van der Waals surface area contributed by atoms with E-state index in [0.717, 1.165) is 16.7 Å². The number of fused-ring (bicyclic) bond motifs is 1. The van der Waals surface area contributed by atoms with Gasteiger partial charge in [-0.15, -0.1) is 0 Å². The number of carbonyl (C=O) groups is 4. The monoisotopic (exact) mass is 777 g/mol. The van der Waals surface area contributed by atoms with Gasteiger partial charge in [-0.3, -0.25) is 19.2 Å². The lowest BCUT2D eigenvalue weighted by atomic mass is 9.94. The van der Waals surface area contributed by atoms with Crippen molar-refractivity contribution >= 4 is 23.8 Å². The first kappa shape index (κ1) is 40.9. The summed E-state index contributed by atoms with van der Waals surface area (Å²) < 4.78 is 62.4. The van der Waals surface area contributed by atoms with Crippen LogP contribution >= 0.6 is 0 Å². The fourth-order valence-corrected chi connectivity index (χ4v) is 6.88. The second-order valence-corrected chi connectivity index (χ2v) is 13.6. The van der Waals surface area contributed by atoms with Crippen LogP contribution in [0.25, 0.3) is 0 Å². The van der Waals surface area contributed by atoms with Gasteiger partial charge in [-0.1, -0.05) is 91.0 Å². The van der Waals surface area contributed by atoms with Crippen molar-refractivity contribution in [1.29, 1.82) is 0 Å². The first-order valence-electron chi connectivity index (χ1n) is 18.4. The van der Waals surface area contributed by atoms with E-state index >= 15 is 0 Å². The number of hydrogen-bond acceptors (Lipinski definition) is 14. The zero-order valence-electron chi connectivity index (χ0n) is 31.6. The molecule has 0 aliphatic carbocycles. The molecule has 0 bridgehead atoms. The maximum absolute atomic E-state index is 12.8. The van der Waals surface area contributed by atoms with Crippen molar-refractivity contribution < 1.29 is 66.5 Å². The third-order valence-electron chi connectivity index (χ3n) is 9.26. The maximum Gasteiger partial charge on any atom is 0.303 e. The molecule has 3 aromatic rings. The number of ether oxygens (including phenoxy) is 10. The minimum atomic E-state index is -1.45. The van der Waals surface area contributed by atoms with Gasteiger partial charge in [-0.25, -0.2) is 0 Å². The summed E-state index contributed by atoms with van der Waals surface area (Å²) in [6.07, 6.45) is -10.8. The summed E-state index contributed by atoms with van der Waals surface area (Å²) in [4.78, 5) is 49.7. The van der Waals surface area contributed by atoms with Crippen LogP contribution in [0.2, 0.25) is 0 Å². The first-order valence-corrected chi connectivity index (χ1v) is 18.4. The molecule has 15 nitrogen and oxygen atoms in total. The highest BCUT2D eigenvalue weighted by Crippen LogP contribution is 2.39. The molecule has 6 rings (SSSR count). The number of amides is 1. The summed E-state index contributed by atoms with van der Waals surface area (Å²) in [6.45, 7) is 4.78. The van der Waals surface area contributed by atoms with Gasteiger partial charge in [0.2, 0.25) is 5.91 Å². The third kappa shape index (κ3) is 10.8. The molecule has 300 valence electrons. The van der Waals surface area contributed by atoms with Gasteiger partial charge in [0.15, 0.2) is 31.1 Å². The van der Waals surface area contributed by atoms with Gasteiger partial charge in [0.25, 0.3) is 0 Å². The van der Waals surface area contributed by atoms with E-state index < -0.39 is 98.1 Å². The Kier molecular flexibility index (Phi) is 14.2. The molecule has 3 aromatic carbocycles. The Labute approximate surface area is 324 Å². The summed E-state index contributed by atoms with van der Waals surface area (Å²) in [7, 11) is 0. The van der Waals surface area contributed by atoms with Crippen LogP contribution in [0.15, 0.2) is 91.0 Å². The summed E-state index contributed by atoms with van der Waals surface area (Å²) >= 11 is 0. The van der Waals surface area contributed by atoms with Crippen molar-refractivity contribution in [2.24, 2.45) is 0 Å². The lowest BCUT2D eigenvalue weighted by molar-refractivity contribution is -0.393. The van der Waals surface area contributed by atoms with Gasteiger partial charge in [0, 0.05) is 33.3 Å². The largest absolute Gasteiger partial charge is 0.463 e. The lowest BCUT2D eigenvalue weighted by Gasteiger charge is -2.51. The van der Waals surface area contributed by atoms with E-state index in [1.807, 2.05) is 91.0 Å². The third-order valence-corrected chi connectivity index (χ3v) is 9.26. The van der Waals surface area contributed by atoms with Crippen molar-refractivity contribution in [2.75, 3.05) is 13.2 Å². The summed E-state index contributed by atoms with van der Waals surface area (Å²) in [5.41, 5.74) is 2.50. The molecule has 0 radical (unpaired) electrons. The van der Waals surface area contributed by atoms with Crippen LogP contribution in [0.3, 0.4) is 0 Å². The highest BCUT2D eigenvalue weighted by atomic mass is 16.8. The molecule has 1 amide bonds. The van der Waals surface area contributed by atoms with Gasteiger partial charge in [-0.05, 0) is 11.1 Å². The lowest BCUT2D eigenvalue weighted by Crippen LogP contribution is -2.69. The minimum Gasteiger partial charge on any atom is -0.463 e. The van der Waals surface area contributed by atoms with Crippen molar-refractivity contribution in [3.05, 3.63) is 108 Å². The summed E-state index contributed by atoms with van der Waals surface area (Å²) in [6, 6.07) is 27.2. The molecule has 0 aromatic heterocycles. The number of carbonyl (C=O) groups excluding carboxylic acids is 4. The van der Waals surface area contributed by atoms with E-state index in [0.29, 0.717) is 0 Å². The van der Waals surface area contributed by atoms with Gasteiger partial charge in [0.1, 0.15) is 43.2 Å². The van der Waals surface area contributed by atoms with E-state index in [-0.39, 0.29) is 19.8 Å². The number of rotatable bonds is 14. The van der Waals surface area contributed by atoms with Crippen LogP contribution in [0.1, 0.15) is 50.7 Å². The van der Waals surface area contributed by atoms with E-state index in [4.69, 9.17) is 47.4 Å². The average Bonchev–Trinajstić information content (AvgIpc) is 3.18. The molecule has 3 fully saturated rings. The van der Waals surface area contributed by atoms with Crippen LogP contribution < -0.4 is 5.32 Å². The molecule has 0 spiro atoms. The van der Waals surface area contributed by atoms with Crippen molar-refractivity contribution in [1.82, 2.24) is 5.32 Å². The molecule has 1 N–H and O–H groups in total. The topological polar surface area (TPSA) is 173 Å². The second kappa shape index (κ2) is 19.4. The van der Waals surface area contributed by atoms with Crippen molar-refractivity contribution in [3.8, 4) is 0 Å². The molecule has 3 unspecified atom stereocenters. The van der Waals surface area contributed by atoms with Crippen LogP contribution in [0.4, 0.5) is 0 Å². The molecule has 3 saturated heterocycles. The number of hydrogen-bond donors (Lipinski definition) is 1. The zero-order chi connectivity index (χ0) is 39.6. The van der Waals surface area contributed by atoms with Gasteiger partial charge < -0.3 is 52.7 Å². The quantitative estimate of drug-likeness (QED) is 0.186. The van der Waals surface area contributed by atoms with Crippen molar-refractivity contribution in [2.45, 2.75) is 109 Å². The van der Waals surface area contributed by atoms with Crippen LogP contribution in [0.5, 0.6) is 0 Å². The Morgan fingerprint density at radius 2 is 1.23 bits per heavy atom. The Bertz CT molecular complexity index is 1750. The van der Waals surface area contributed by atoms with Crippen LogP contribution in [0, 0.1) is 0 Å². The Morgan fingerprint density at radius 3 is 1.82 bits per heavy atom. The van der Waals surface area contributed by atoms with E-state index in [1.54, 1.807) is 0 Å². The van der Waals surface area contributed by atoms with E-state index in [1.165, 1.54) is 27.7 Å².